The predicted octanol–water partition coefficient (Wildman–Crippen LogP) is 1.94. The Labute approximate surface area is 129 Å². The number of aromatic nitrogens is 2. The molecule has 8 heteroatoms. The summed E-state index contributed by atoms with van der Waals surface area (Å²) in [6.45, 7) is 0.241. The van der Waals surface area contributed by atoms with E-state index in [-0.39, 0.29) is 24.1 Å². The normalized spacial score (nSPS) is 21.6. The molecule has 0 spiro atoms. The largest absolute Gasteiger partial charge is 0.369 e. The van der Waals surface area contributed by atoms with Gasteiger partial charge in [-0.2, -0.15) is 0 Å². The molecule has 2 heterocycles. The van der Waals surface area contributed by atoms with E-state index < -0.39 is 15.1 Å². The highest BCUT2D eigenvalue weighted by atomic mass is 127. The van der Waals surface area contributed by atoms with Gasteiger partial charge in [-0.3, -0.25) is 0 Å². The van der Waals surface area contributed by atoms with Crippen LogP contribution in [0.25, 0.3) is 11.0 Å². The molecule has 2 aromatic rings. The first-order valence-corrected chi connectivity index (χ1v) is 9.00. The minimum atomic E-state index is -3.07. The van der Waals surface area contributed by atoms with Crippen LogP contribution in [-0.4, -0.2) is 29.0 Å². The van der Waals surface area contributed by atoms with E-state index in [4.69, 9.17) is 5.73 Å². The van der Waals surface area contributed by atoms with Gasteiger partial charge in [-0.05, 0) is 41.5 Å². The molecule has 1 saturated heterocycles. The number of hydrogen-bond acceptors (Lipinski definition) is 4. The molecule has 0 bridgehead atoms. The van der Waals surface area contributed by atoms with Crippen LogP contribution in [0.2, 0.25) is 0 Å². The Balaban J connectivity index is 2.07. The average Bonchev–Trinajstić information content (AvgIpc) is 2.83. The second kappa shape index (κ2) is 4.83. The molecule has 3 rings (SSSR count). The molecule has 1 aromatic carbocycles. The van der Waals surface area contributed by atoms with Gasteiger partial charge in [-0.25, -0.2) is 17.8 Å². The zero-order chi connectivity index (χ0) is 14.5. The van der Waals surface area contributed by atoms with E-state index in [2.05, 4.69) is 4.98 Å². The van der Waals surface area contributed by atoms with E-state index in [0.717, 1.165) is 0 Å². The number of benzene rings is 1. The summed E-state index contributed by atoms with van der Waals surface area (Å²) in [5.74, 6) is 0.0910. The maximum Gasteiger partial charge on any atom is 0.201 e. The Hall–Kier alpha value is -0.900. The predicted molar refractivity (Wildman–Crippen MR) is 83.6 cm³/mol. The van der Waals surface area contributed by atoms with Crippen molar-refractivity contribution >= 4 is 49.4 Å². The molecule has 1 unspecified atom stereocenters. The first kappa shape index (κ1) is 14.1. The zero-order valence-electron chi connectivity index (χ0n) is 10.5. The number of fused-ring (bicyclic) bond motifs is 1. The van der Waals surface area contributed by atoms with Crippen molar-refractivity contribution in [1.82, 2.24) is 9.55 Å². The van der Waals surface area contributed by atoms with Crippen LogP contribution in [0, 0.1) is 9.39 Å². The summed E-state index contributed by atoms with van der Waals surface area (Å²) in [5.41, 5.74) is 6.98. The summed E-state index contributed by atoms with van der Waals surface area (Å²) in [6, 6.07) is 2.98. The Bertz CT molecular complexity index is 788. The van der Waals surface area contributed by atoms with Crippen LogP contribution in [0.3, 0.4) is 0 Å². The molecule has 1 atom stereocenters. The number of nitrogens with two attached hydrogens (primary N) is 1. The maximum atomic E-state index is 13.7. The molecule has 0 amide bonds. The fourth-order valence-electron chi connectivity index (χ4n) is 2.60. The topological polar surface area (TPSA) is 78.0 Å². The second-order valence-electron chi connectivity index (χ2n) is 4.97. The molecule has 2 N–H and O–H groups in total. The van der Waals surface area contributed by atoms with Gasteiger partial charge in [0.15, 0.2) is 9.84 Å². The van der Waals surface area contributed by atoms with Crippen molar-refractivity contribution < 1.29 is 12.8 Å². The van der Waals surface area contributed by atoms with Crippen LogP contribution in [0.1, 0.15) is 12.8 Å². The van der Waals surface area contributed by atoms with Crippen LogP contribution in [-0.2, 0) is 16.4 Å². The van der Waals surface area contributed by atoms with Crippen molar-refractivity contribution in [2.45, 2.75) is 24.6 Å². The Morgan fingerprint density at radius 3 is 2.90 bits per heavy atom. The number of nitrogen functional groups attached to an aromatic ring is 1. The van der Waals surface area contributed by atoms with Gasteiger partial charge in [0.25, 0.3) is 0 Å². The second-order valence-corrected chi connectivity index (χ2v) is 8.53. The third-order valence-electron chi connectivity index (χ3n) is 3.67. The van der Waals surface area contributed by atoms with Gasteiger partial charge in [0, 0.05) is 12.6 Å². The van der Waals surface area contributed by atoms with Gasteiger partial charge < -0.3 is 10.3 Å². The molecule has 1 aliphatic rings. The van der Waals surface area contributed by atoms with Crippen molar-refractivity contribution in [1.29, 1.82) is 0 Å². The summed E-state index contributed by atoms with van der Waals surface area (Å²) in [6.07, 6.45) is 1.29. The molecule has 20 heavy (non-hydrogen) atoms. The monoisotopic (exact) mass is 409 g/mol. The van der Waals surface area contributed by atoms with Crippen LogP contribution >= 0.6 is 22.6 Å². The first-order valence-electron chi connectivity index (χ1n) is 6.21. The highest BCUT2D eigenvalue weighted by molar-refractivity contribution is 14.1. The van der Waals surface area contributed by atoms with E-state index in [1.54, 1.807) is 10.6 Å². The SMILES string of the molecule is Nc1nc2cc(I)c(F)cc2n1CC1CCCS1(=O)=O. The average molecular weight is 409 g/mol. The summed E-state index contributed by atoms with van der Waals surface area (Å²) in [5, 5.41) is -0.454. The van der Waals surface area contributed by atoms with Crippen LogP contribution < -0.4 is 5.73 Å². The molecule has 1 aliphatic heterocycles. The third-order valence-corrected chi connectivity index (χ3v) is 6.75. The highest BCUT2D eigenvalue weighted by Gasteiger charge is 2.32. The Kier molecular flexibility index (Phi) is 3.39. The molecule has 0 aliphatic carbocycles. The number of sulfone groups is 1. The van der Waals surface area contributed by atoms with Crippen molar-refractivity contribution in [2.75, 3.05) is 11.5 Å². The Morgan fingerprint density at radius 2 is 2.25 bits per heavy atom. The van der Waals surface area contributed by atoms with Crippen LogP contribution in [0.5, 0.6) is 0 Å². The lowest BCUT2D eigenvalue weighted by Gasteiger charge is -2.12. The number of nitrogens with zero attached hydrogens (tertiary/aromatic N) is 2. The lowest BCUT2D eigenvalue weighted by molar-refractivity contribution is 0.571. The van der Waals surface area contributed by atoms with E-state index in [0.29, 0.717) is 27.4 Å². The third kappa shape index (κ3) is 2.28. The molecule has 0 saturated carbocycles. The van der Waals surface area contributed by atoms with Crippen molar-refractivity contribution in [3.8, 4) is 0 Å². The smallest absolute Gasteiger partial charge is 0.201 e. The minimum Gasteiger partial charge on any atom is -0.369 e. The lowest BCUT2D eigenvalue weighted by atomic mass is 10.2. The van der Waals surface area contributed by atoms with Crippen LogP contribution in [0.4, 0.5) is 10.3 Å². The van der Waals surface area contributed by atoms with Crippen molar-refractivity contribution in [2.24, 2.45) is 0 Å². The zero-order valence-corrected chi connectivity index (χ0v) is 13.5. The minimum absolute atomic E-state index is 0.219. The van der Waals surface area contributed by atoms with E-state index >= 15 is 0 Å². The summed E-state index contributed by atoms with van der Waals surface area (Å²) >= 11 is 1.89. The Morgan fingerprint density at radius 1 is 1.50 bits per heavy atom. The summed E-state index contributed by atoms with van der Waals surface area (Å²) in [4.78, 5) is 4.18. The molecule has 1 aromatic heterocycles. The first-order chi connectivity index (χ1) is 9.38. The van der Waals surface area contributed by atoms with E-state index in [9.17, 15) is 12.8 Å². The standard InChI is InChI=1S/C12H13FIN3O2S/c13-8-4-11-10(5-9(8)14)16-12(15)17(11)6-7-2-1-3-20(7,18)19/h4-5,7H,1-3,6H2,(H2,15,16). The molecule has 5 nitrogen and oxygen atoms in total. The number of rotatable bonds is 2. The number of hydrogen-bond donors (Lipinski definition) is 1. The molecule has 108 valence electrons. The quantitative estimate of drug-likeness (QED) is 0.770. The maximum absolute atomic E-state index is 13.7. The van der Waals surface area contributed by atoms with Gasteiger partial charge >= 0.3 is 0 Å². The fourth-order valence-corrected chi connectivity index (χ4v) is 4.85. The summed E-state index contributed by atoms with van der Waals surface area (Å²) < 4.78 is 39.6. The fraction of sp³-hybridized carbons (Fsp3) is 0.417. The van der Waals surface area contributed by atoms with Crippen molar-refractivity contribution in [3.05, 3.63) is 21.5 Å². The highest BCUT2D eigenvalue weighted by Crippen LogP contribution is 2.27. The number of halogens is 2. The summed E-state index contributed by atoms with van der Waals surface area (Å²) in [7, 11) is -3.07. The van der Waals surface area contributed by atoms with Gasteiger partial charge in [0.2, 0.25) is 5.95 Å². The molecule has 0 radical (unpaired) electrons. The molecular weight excluding hydrogens is 396 g/mol. The molecular formula is C12H13FIN3O2S. The van der Waals surface area contributed by atoms with E-state index in [1.165, 1.54) is 6.07 Å². The van der Waals surface area contributed by atoms with E-state index in [1.807, 2.05) is 22.6 Å². The molecule has 1 fully saturated rings. The number of anilines is 1. The van der Waals surface area contributed by atoms with Crippen LogP contribution in [0.15, 0.2) is 12.1 Å². The number of imidazole rings is 1. The lowest BCUT2D eigenvalue weighted by Crippen LogP contribution is -2.23. The van der Waals surface area contributed by atoms with Gasteiger partial charge in [0.05, 0.1) is 25.6 Å². The van der Waals surface area contributed by atoms with Crippen molar-refractivity contribution in [3.63, 3.8) is 0 Å². The van der Waals surface area contributed by atoms with Gasteiger partial charge in [-0.1, -0.05) is 0 Å². The van der Waals surface area contributed by atoms with Gasteiger partial charge in [0.1, 0.15) is 5.82 Å². The van der Waals surface area contributed by atoms with Gasteiger partial charge in [-0.15, -0.1) is 0 Å².